The Balaban J connectivity index is 2.67. The zero-order chi connectivity index (χ0) is 13.7. The molecule has 18 heavy (non-hydrogen) atoms. The summed E-state index contributed by atoms with van der Waals surface area (Å²) in [7, 11) is 0. The third-order valence-corrected chi connectivity index (χ3v) is 2.86. The molecule has 0 saturated heterocycles. The van der Waals surface area contributed by atoms with Gasteiger partial charge in [0.1, 0.15) is 5.75 Å². The van der Waals surface area contributed by atoms with E-state index >= 15 is 0 Å². The van der Waals surface area contributed by atoms with E-state index in [1.165, 1.54) is 0 Å². The van der Waals surface area contributed by atoms with Gasteiger partial charge in [0.25, 0.3) is 0 Å². The normalized spacial score (nSPS) is 12.2. The van der Waals surface area contributed by atoms with Crippen LogP contribution < -0.4 is 10.6 Å². The first kappa shape index (κ1) is 14.5. The number of anilines is 1. The van der Waals surface area contributed by atoms with Gasteiger partial charge in [-0.15, -0.1) is 0 Å². The van der Waals surface area contributed by atoms with Crippen molar-refractivity contribution in [3.05, 3.63) is 23.3 Å². The lowest BCUT2D eigenvalue weighted by Gasteiger charge is -2.14. The average molecular weight is 250 g/mol. The fraction of sp³-hybridized carbons (Fsp3) is 0.500. The Morgan fingerprint density at radius 1 is 1.33 bits per heavy atom. The molecule has 0 spiro atoms. The number of phenols is 1. The van der Waals surface area contributed by atoms with Crippen LogP contribution in [0.4, 0.5) is 5.69 Å². The van der Waals surface area contributed by atoms with Crippen LogP contribution in [0.25, 0.3) is 0 Å². The molecule has 1 amide bonds. The van der Waals surface area contributed by atoms with Gasteiger partial charge in [-0.05, 0) is 50.6 Å². The highest BCUT2D eigenvalue weighted by Crippen LogP contribution is 2.25. The van der Waals surface area contributed by atoms with Gasteiger partial charge in [-0.2, -0.15) is 0 Å². The number of hydrogen-bond acceptors (Lipinski definition) is 3. The Kier molecular flexibility index (Phi) is 5.16. The Hall–Kier alpha value is -1.55. The SMILES string of the molecule is CCNC(C)CC(=O)Nc1cc(C)c(O)cc1C. The molecule has 0 aliphatic carbocycles. The van der Waals surface area contributed by atoms with Crippen molar-refractivity contribution in [2.45, 2.75) is 40.2 Å². The Labute approximate surface area is 108 Å². The van der Waals surface area contributed by atoms with E-state index in [0.717, 1.165) is 23.4 Å². The summed E-state index contributed by atoms with van der Waals surface area (Å²) < 4.78 is 0. The van der Waals surface area contributed by atoms with Gasteiger partial charge in [0, 0.05) is 18.2 Å². The number of rotatable bonds is 5. The van der Waals surface area contributed by atoms with Crippen molar-refractivity contribution in [3.8, 4) is 5.75 Å². The second-order valence-corrected chi connectivity index (χ2v) is 4.66. The van der Waals surface area contributed by atoms with E-state index in [9.17, 15) is 9.90 Å². The highest BCUT2D eigenvalue weighted by Gasteiger charge is 2.10. The second-order valence-electron chi connectivity index (χ2n) is 4.66. The molecule has 100 valence electrons. The molecule has 0 fully saturated rings. The number of amides is 1. The standard InChI is InChI=1S/C14H22N2O2/c1-5-15-11(4)8-14(18)16-12-6-10(3)13(17)7-9(12)2/h6-7,11,15,17H,5,8H2,1-4H3,(H,16,18). The van der Waals surface area contributed by atoms with Crippen molar-refractivity contribution in [2.75, 3.05) is 11.9 Å². The number of hydrogen-bond donors (Lipinski definition) is 3. The molecule has 0 heterocycles. The number of benzene rings is 1. The first-order valence-electron chi connectivity index (χ1n) is 6.27. The van der Waals surface area contributed by atoms with Gasteiger partial charge in [-0.1, -0.05) is 6.92 Å². The Morgan fingerprint density at radius 2 is 2.00 bits per heavy atom. The molecule has 1 aromatic rings. The van der Waals surface area contributed by atoms with Gasteiger partial charge in [-0.3, -0.25) is 4.79 Å². The molecule has 1 atom stereocenters. The molecule has 0 radical (unpaired) electrons. The van der Waals surface area contributed by atoms with Gasteiger partial charge in [0.2, 0.25) is 5.91 Å². The summed E-state index contributed by atoms with van der Waals surface area (Å²) in [5.41, 5.74) is 2.39. The summed E-state index contributed by atoms with van der Waals surface area (Å²) >= 11 is 0. The van der Waals surface area contributed by atoms with Crippen LogP contribution in [0.15, 0.2) is 12.1 Å². The van der Waals surface area contributed by atoms with E-state index in [1.54, 1.807) is 12.1 Å². The second kappa shape index (κ2) is 6.40. The summed E-state index contributed by atoms with van der Waals surface area (Å²) in [6, 6.07) is 3.62. The van der Waals surface area contributed by atoms with Gasteiger partial charge in [0.05, 0.1) is 0 Å². The van der Waals surface area contributed by atoms with E-state index in [-0.39, 0.29) is 17.7 Å². The number of nitrogens with one attached hydrogen (secondary N) is 2. The van der Waals surface area contributed by atoms with Crippen molar-refractivity contribution in [1.82, 2.24) is 5.32 Å². The molecular weight excluding hydrogens is 228 g/mol. The van der Waals surface area contributed by atoms with Crippen LogP contribution in [-0.2, 0) is 4.79 Å². The monoisotopic (exact) mass is 250 g/mol. The molecule has 3 N–H and O–H groups in total. The van der Waals surface area contributed by atoms with E-state index in [1.807, 2.05) is 27.7 Å². The average Bonchev–Trinajstić information content (AvgIpc) is 2.26. The maximum Gasteiger partial charge on any atom is 0.225 e. The van der Waals surface area contributed by atoms with E-state index in [0.29, 0.717) is 6.42 Å². The quantitative estimate of drug-likeness (QED) is 0.703. The van der Waals surface area contributed by atoms with Gasteiger partial charge in [0.15, 0.2) is 0 Å². The maximum absolute atomic E-state index is 11.8. The summed E-state index contributed by atoms with van der Waals surface area (Å²) in [4.78, 5) is 11.8. The van der Waals surface area contributed by atoms with Crippen LogP contribution in [0, 0.1) is 13.8 Å². The third kappa shape index (κ3) is 4.04. The molecule has 0 bridgehead atoms. The van der Waals surface area contributed by atoms with Crippen molar-refractivity contribution < 1.29 is 9.90 Å². The van der Waals surface area contributed by atoms with Gasteiger partial charge in [-0.25, -0.2) is 0 Å². The first-order valence-corrected chi connectivity index (χ1v) is 6.27. The summed E-state index contributed by atoms with van der Waals surface area (Å²) in [6.45, 7) is 8.53. The maximum atomic E-state index is 11.8. The molecule has 1 unspecified atom stereocenters. The fourth-order valence-corrected chi connectivity index (χ4v) is 1.84. The highest BCUT2D eigenvalue weighted by molar-refractivity contribution is 5.92. The highest BCUT2D eigenvalue weighted by atomic mass is 16.3. The smallest absolute Gasteiger partial charge is 0.225 e. The minimum Gasteiger partial charge on any atom is -0.508 e. The zero-order valence-corrected chi connectivity index (χ0v) is 11.5. The van der Waals surface area contributed by atoms with Gasteiger partial charge < -0.3 is 15.7 Å². The van der Waals surface area contributed by atoms with Crippen LogP contribution in [-0.4, -0.2) is 23.6 Å². The summed E-state index contributed by atoms with van der Waals surface area (Å²) in [5, 5.41) is 15.6. The van der Waals surface area contributed by atoms with Crippen LogP contribution in [0.1, 0.15) is 31.4 Å². The molecule has 0 aliphatic heterocycles. The van der Waals surface area contributed by atoms with Crippen LogP contribution in [0.3, 0.4) is 0 Å². The summed E-state index contributed by atoms with van der Waals surface area (Å²) in [5.74, 6) is 0.239. The Morgan fingerprint density at radius 3 is 2.61 bits per heavy atom. The van der Waals surface area contributed by atoms with E-state index in [2.05, 4.69) is 10.6 Å². The zero-order valence-electron chi connectivity index (χ0n) is 11.5. The van der Waals surface area contributed by atoms with Crippen LogP contribution in [0.5, 0.6) is 5.75 Å². The van der Waals surface area contributed by atoms with Crippen molar-refractivity contribution in [2.24, 2.45) is 0 Å². The van der Waals surface area contributed by atoms with Crippen molar-refractivity contribution in [1.29, 1.82) is 0 Å². The minimum absolute atomic E-state index is 0.0170. The number of aryl methyl sites for hydroxylation is 2. The lowest BCUT2D eigenvalue weighted by Crippen LogP contribution is -2.30. The molecule has 4 nitrogen and oxygen atoms in total. The molecule has 1 rings (SSSR count). The first-order chi connectivity index (χ1) is 8.43. The third-order valence-electron chi connectivity index (χ3n) is 2.86. The van der Waals surface area contributed by atoms with Crippen LogP contribution in [0.2, 0.25) is 0 Å². The topological polar surface area (TPSA) is 61.4 Å². The molecule has 0 saturated carbocycles. The molecule has 1 aromatic carbocycles. The van der Waals surface area contributed by atoms with Gasteiger partial charge >= 0.3 is 0 Å². The Bertz CT molecular complexity index is 430. The van der Waals surface area contributed by atoms with Crippen molar-refractivity contribution in [3.63, 3.8) is 0 Å². The number of phenolic OH excluding ortho intramolecular Hbond substituents is 1. The summed E-state index contributed by atoms with van der Waals surface area (Å²) in [6.07, 6.45) is 0.438. The lowest BCUT2D eigenvalue weighted by molar-refractivity contribution is -0.116. The fourth-order valence-electron chi connectivity index (χ4n) is 1.84. The van der Waals surface area contributed by atoms with Crippen molar-refractivity contribution >= 4 is 11.6 Å². The molecule has 0 aliphatic rings. The predicted molar refractivity (Wildman–Crippen MR) is 74.0 cm³/mol. The lowest BCUT2D eigenvalue weighted by atomic mass is 10.1. The predicted octanol–water partition coefficient (Wildman–Crippen LogP) is 2.34. The molecule has 4 heteroatoms. The molecule has 0 aromatic heterocycles. The van der Waals surface area contributed by atoms with E-state index in [4.69, 9.17) is 0 Å². The number of carbonyl (C=O) groups excluding carboxylic acids is 1. The van der Waals surface area contributed by atoms with Crippen LogP contribution >= 0.6 is 0 Å². The number of carbonyl (C=O) groups is 1. The molecular formula is C14H22N2O2. The largest absolute Gasteiger partial charge is 0.508 e. The van der Waals surface area contributed by atoms with E-state index < -0.39 is 0 Å². The number of aromatic hydroxyl groups is 1. The minimum atomic E-state index is -0.0170.